The molecule has 0 saturated carbocycles. The van der Waals surface area contributed by atoms with E-state index in [1.807, 2.05) is 46.1 Å². The average Bonchev–Trinajstić information content (AvgIpc) is 2.55. The molecule has 2 rings (SSSR count). The van der Waals surface area contributed by atoms with Gasteiger partial charge in [0.25, 0.3) is 5.91 Å². The summed E-state index contributed by atoms with van der Waals surface area (Å²) in [5.74, 6) is 0.328. The van der Waals surface area contributed by atoms with E-state index < -0.39 is 0 Å². The van der Waals surface area contributed by atoms with E-state index >= 15 is 0 Å². The molecule has 1 amide bonds. The van der Waals surface area contributed by atoms with Crippen LogP contribution in [0.2, 0.25) is 0 Å². The third-order valence-corrected chi connectivity index (χ3v) is 3.74. The summed E-state index contributed by atoms with van der Waals surface area (Å²) in [4.78, 5) is 22.8. The molecule has 0 radical (unpaired) electrons. The molecule has 1 aromatic carbocycles. The number of carbonyl (C=O) groups is 1. The Balaban J connectivity index is 1.89. The lowest BCUT2D eigenvalue weighted by molar-refractivity contribution is 0.102. The van der Waals surface area contributed by atoms with Gasteiger partial charge in [0.2, 0.25) is 5.95 Å². The third kappa shape index (κ3) is 5.31. The summed E-state index contributed by atoms with van der Waals surface area (Å²) in [7, 11) is 4.08. The molecule has 0 atom stereocenters. The predicted octanol–water partition coefficient (Wildman–Crippen LogP) is 2.71. The maximum atomic E-state index is 12.2. The fourth-order valence-corrected chi connectivity index (χ4v) is 2.15. The highest BCUT2D eigenvalue weighted by atomic mass is 16.1. The third-order valence-electron chi connectivity index (χ3n) is 3.74. The Morgan fingerprint density at radius 3 is 2.46 bits per heavy atom. The van der Waals surface area contributed by atoms with Crippen molar-refractivity contribution < 1.29 is 4.79 Å². The normalized spacial score (nSPS) is 10.7. The van der Waals surface area contributed by atoms with Crippen LogP contribution in [0.1, 0.15) is 27.9 Å². The van der Waals surface area contributed by atoms with Gasteiger partial charge in [-0.15, -0.1) is 0 Å². The Hall–Kier alpha value is -2.47. The highest BCUT2D eigenvalue weighted by molar-refractivity contribution is 6.03. The largest absolute Gasteiger partial charge is 0.354 e. The first kappa shape index (κ1) is 17.9. The van der Waals surface area contributed by atoms with Gasteiger partial charge in [-0.05, 0) is 64.2 Å². The SMILES string of the molecule is Cc1ccc(NC(=O)c2cnc(NCCCN(C)C)nc2)cc1C. The monoisotopic (exact) mass is 327 g/mol. The molecule has 0 fully saturated rings. The molecule has 0 saturated heterocycles. The van der Waals surface area contributed by atoms with Gasteiger partial charge in [-0.3, -0.25) is 4.79 Å². The number of benzene rings is 1. The van der Waals surface area contributed by atoms with Crippen molar-refractivity contribution in [2.45, 2.75) is 20.3 Å². The van der Waals surface area contributed by atoms with E-state index in [9.17, 15) is 4.79 Å². The highest BCUT2D eigenvalue weighted by Gasteiger charge is 2.08. The standard InChI is InChI=1S/C18H25N5O/c1-13-6-7-16(10-14(13)2)22-17(24)15-11-20-18(21-12-15)19-8-5-9-23(3)4/h6-7,10-12H,5,8-9H2,1-4H3,(H,22,24)(H,19,20,21). The summed E-state index contributed by atoms with van der Waals surface area (Å²) >= 11 is 0. The number of aromatic nitrogens is 2. The zero-order chi connectivity index (χ0) is 17.5. The lowest BCUT2D eigenvalue weighted by atomic mass is 10.1. The van der Waals surface area contributed by atoms with Crippen molar-refractivity contribution in [3.05, 3.63) is 47.3 Å². The molecule has 0 bridgehead atoms. The second kappa shape index (κ2) is 8.40. The molecular weight excluding hydrogens is 302 g/mol. The van der Waals surface area contributed by atoms with Crippen molar-refractivity contribution in [3.8, 4) is 0 Å². The summed E-state index contributed by atoms with van der Waals surface area (Å²) in [5.41, 5.74) is 3.54. The summed E-state index contributed by atoms with van der Waals surface area (Å²) in [6, 6.07) is 5.83. The molecule has 6 nitrogen and oxygen atoms in total. The van der Waals surface area contributed by atoms with E-state index in [4.69, 9.17) is 0 Å². The lowest BCUT2D eigenvalue weighted by Gasteiger charge is -2.10. The number of anilines is 2. The molecule has 128 valence electrons. The smallest absolute Gasteiger partial charge is 0.258 e. The number of rotatable bonds is 7. The van der Waals surface area contributed by atoms with Gasteiger partial charge in [0.05, 0.1) is 5.56 Å². The number of amides is 1. The Morgan fingerprint density at radius 2 is 1.83 bits per heavy atom. The van der Waals surface area contributed by atoms with E-state index in [-0.39, 0.29) is 5.91 Å². The van der Waals surface area contributed by atoms with Crippen molar-refractivity contribution in [1.29, 1.82) is 0 Å². The van der Waals surface area contributed by atoms with Crippen molar-refractivity contribution in [2.24, 2.45) is 0 Å². The zero-order valence-corrected chi connectivity index (χ0v) is 14.8. The van der Waals surface area contributed by atoms with Gasteiger partial charge in [-0.1, -0.05) is 6.07 Å². The van der Waals surface area contributed by atoms with E-state index in [1.165, 1.54) is 18.0 Å². The summed E-state index contributed by atoms with van der Waals surface area (Å²) in [6.07, 6.45) is 4.08. The van der Waals surface area contributed by atoms with E-state index in [0.29, 0.717) is 11.5 Å². The second-order valence-corrected chi connectivity index (χ2v) is 6.13. The van der Waals surface area contributed by atoms with Crippen molar-refractivity contribution in [1.82, 2.24) is 14.9 Å². The maximum Gasteiger partial charge on any atom is 0.258 e. The van der Waals surface area contributed by atoms with Gasteiger partial charge in [-0.2, -0.15) is 0 Å². The lowest BCUT2D eigenvalue weighted by Crippen LogP contribution is -2.17. The van der Waals surface area contributed by atoms with Crippen LogP contribution in [-0.4, -0.2) is 48.0 Å². The molecular formula is C18H25N5O. The van der Waals surface area contributed by atoms with Crippen molar-refractivity contribution in [3.63, 3.8) is 0 Å². The molecule has 0 aliphatic carbocycles. The fraction of sp³-hybridized carbons (Fsp3) is 0.389. The molecule has 0 aliphatic heterocycles. The quantitative estimate of drug-likeness (QED) is 0.765. The second-order valence-electron chi connectivity index (χ2n) is 6.13. The number of nitrogens with one attached hydrogen (secondary N) is 2. The number of hydrogen-bond donors (Lipinski definition) is 2. The molecule has 2 N–H and O–H groups in total. The number of hydrogen-bond acceptors (Lipinski definition) is 5. The molecule has 6 heteroatoms. The minimum absolute atomic E-state index is 0.211. The van der Waals surface area contributed by atoms with E-state index in [0.717, 1.165) is 30.8 Å². The number of aryl methyl sites for hydroxylation is 2. The van der Waals surface area contributed by atoms with E-state index in [1.54, 1.807) is 0 Å². The van der Waals surface area contributed by atoms with Crippen molar-refractivity contribution in [2.75, 3.05) is 37.8 Å². The molecule has 24 heavy (non-hydrogen) atoms. The van der Waals surface area contributed by atoms with Crippen LogP contribution >= 0.6 is 0 Å². The highest BCUT2D eigenvalue weighted by Crippen LogP contribution is 2.15. The van der Waals surface area contributed by atoms with Crippen LogP contribution in [0.3, 0.4) is 0 Å². The van der Waals surface area contributed by atoms with Crippen LogP contribution < -0.4 is 10.6 Å². The number of nitrogens with zero attached hydrogens (tertiary/aromatic N) is 3. The van der Waals surface area contributed by atoms with Gasteiger partial charge < -0.3 is 15.5 Å². The molecule has 1 heterocycles. The predicted molar refractivity (Wildman–Crippen MR) is 97.6 cm³/mol. The van der Waals surface area contributed by atoms with Gasteiger partial charge in [0.15, 0.2) is 0 Å². The van der Waals surface area contributed by atoms with Gasteiger partial charge in [0, 0.05) is 24.6 Å². The summed E-state index contributed by atoms with van der Waals surface area (Å²) in [5, 5.41) is 6.01. The Kier molecular flexibility index (Phi) is 6.26. The van der Waals surface area contributed by atoms with Gasteiger partial charge in [-0.25, -0.2) is 9.97 Å². The first-order valence-electron chi connectivity index (χ1n) is 8.05. The first-order valence-corrected chi connectivity index (χ1v) is 8.05. The van der Waals surface area contributed by atoms with Crippen LogP contribution in [-0.2, 0) is 0 Å². The molecule has 0 unspecified atom stereocenters. The van der Waals surface area contributed by atoms with Gasteiger partial charge in [0.1, 0.15) is 0 Å². The molecule has 1 aromatic heterocycles. The van der Waals surface area contributed by atoms with Crippen molar-refractivity contribution >= 4 is 17.5 Å². The summed E-state index contributed by atoms with van der Waals surface area (Å²) < 4.78 is 0. The average molecular weight is 327 g/mol. The van der Waals surface area contributed by atoms with E-state index in [2.05, 4.69) is 25.5 Å². The maximum absolute atomic E-state index is 12.2. The Morgan fingerprint density at radius 1 is 1.12 bits per heavy atom. The van der Waals surface area contributed by atoms with Crippen LogP contribution in [0.15, 0.2) is 30.6 Å². The van der Waals surface area contributed by atoms with Crippen LogP contribution in [0, 0.1) is 13.8 Å². The van der Waals surface area contributed by atoms with Gasteiger partial charge >= 0.3 is 0 Å². The minimum Gasteiger partial charge on any atom is -0.354 e. The Labute approximate surface area is 143 Å². The van der Waals surface area contributed by atoms with Crippen LogP contribution in [0.4, 0.5) is 11.6 Å². The molecule has 0 aliphatic rings. The Bertz CT molecular complexity index is 682. The van der Waals surface area contributed by atoms with Crippen LogP contribution in [0.25, 0.3) is 0 Å². The topological polar surface area (TPSA) is 70.2 Å². The zero-order valence-electron chi connectivity index (χ0n) is 14.8. The summed E-state index contributed by atoms with van der Waals surface area (Å²) in [6.45, 7) is 5.86. The minimum atomic E-state index is -0.211. The van der Waals surface area contributed by atoms with Crippen LogP contribution in [0.5, 0.6) is 0 Å². The number of carbonyl (C=O) groups excluding carboxylic acids is 1. The molecule has 0 spiro atoms. The fourth-order valence-electron chi connectivity index (χ4n) is 2.15. The first-order chi connectivity index (χ1) is 11.5. The molecule has 2 aromatic rings.